The van der Waals surface area contributed by atoms with E-state index in [1.54, 1.807) is 0 Å². The van der Waals surface area contributed by atoms with E-state index in [0.717, 1.165) is 22.9 Å². The molecule has 0 saturated heterocycles. The van der Waals surface area contributed by atoms with Crippen LogP contribution in [0.1, 0.15) is 5.56 Å². The van der Waals surface area contributed by atoms with Gasteiger partial charge < -0.3 is 5.11 Å². The molecule has 0 aliphatic heterocycles. The van der Waals surface area contributed by atoms with Gasteiger partial charge in [0, 0.05) is 10.6 Å². The highest BCUT2D eigenvalue weighted by molar-refractivity contribution is 6.31. The first-order valence-electron chi connectivity index (χ1n) is 6.72. The van der Waals surface area contributed by atoms with Gasteiger partial charge in [-0.15, -0.1) is 5.10 Å². The first kappa shape index (κ1) is 17.4. The van der Waals surface area contributed by atoms with Gasteiger partial charge in [0.15, 0.2) is 5.82 Å². The number of phenols is 1. The number of H-pyrrole nitrogens is 1. The standard InChI is InChI=1S/C15H8Cl2F3N3O2/c16-8-2-4-12(24)11(6-8)23-14(25)21-13(22-23)7-1-3-9(10(17)5-7)15(18,19)20/h1-6,24H,(H,21,22,25). The molecule has 0 spiro atoms. The molecule has 2 aromatic carbocycles. The molecule has 25 heavy (non-hydrogen) atoms. The summed E-state index contributed by atoms with van der Waals surface area (Å²) in [5.41, 5.74) is -1.50. The molecule has 0 aliphatic rings. The second kappa shape index (κ2) is 6.12. The van der Waals surface area contributed by atoms with E-state index < -0.39 is 22.5 Å². The van der Waals surface area contributed by atoms with Crippen LogP contribution in [0.5, 0.6) is 5.75 Å². The van der Waals surface area contributed by atoms with Gasteiger partial charge in [-0.1, -0.05) is 29.3 Å². The van der Waals surface area contributed by atoms with E-state index in [-0.39, 0.29) is 27.8 Å². The van der Waals surface area contributed by atoms with Gasteiger partial charge in [-0.05, 0) is 30.3 Å². The summed E-state index contributed by atoms with van der Waals surface area (Å²) in [6.45, 7) is 0. The quantitative estimate of drug-likeness (QED) is 0.687. The van der Waals surface area contributed by atoms with Crippen LogP contribution in [0.15, 0.2) is 41.2 Å². The third kappa shape index (κ3) is 3.35. The maximum Gasteiger partial charge on any atom is 0.417 e. The minimum atomic E-state index is -4.59. The maximum absolute atomic E-state index is 12.8. The van der Waals surface area contributed by atoms with Crippen molar-refractivity contribution in [1.82, 2.24) is 14.8 Å². The minimum absolute atomic E-state index is 0.0139. The second-order valence-corrected chi connectivity index (χ2v) is 5.86. The third-order valence-electron chi connectivity index (χ3n) is 3.33. The van der Waals surface area contributed by atoms with Crippen molar-refractivity contribution in [2.75, 3.05) is 0 Å². The van der Waals surface area contributed by atoms with Gasteiger partial charge in [0.05, 0.1) is 10.6 Å². The summed E-state index contributed by atoms with van der Waals surface area (Å²) in [5.74, 6) is -0.255. The van der Waals surface area contributed by atoms with E-state index in [2.05, 4.69) is 10.1 Å². The largest absolute Gasteiger partial charge is 0.506 e. The number of phenolic OH excluding ortho intramolecular Hbond substituents is 1. The predicted molar refractivity (Wildman–Crippen MR) is 86.3 cm³/mol. The molecule has 0 atom stereocenters. The number of aromatic nitrogens is 3. The van der Waals surface area contributed by atoms with Crippen molar-refractivity contribution in [3.05, 3.63) is 62.5 Å². The van der Waals surface area contributed by atoms with Crippen molar-refractivity contribution in [3.63, 3.8) is 0 Å². The lowest BCUT2D eigenvalue weighted by atomic mass is 10.1. The summed E-state index contributed by atoms with van der Waals surface area (Å²) >= 11 is 11.5. The SMILES string of the molecule is O=c1[nH]c(-c2ccc(C(F)(F)F)c(Cl)c2)nn1-c1cc(Cl)ccc1O. The smallest absolute Gasteiger partial charge is 0.417 e. The van der Waals surface area contributed by atoms with Crippen molar-refractivity contribution in [2.45, 2.75) is 6.18 Å². The Hall–Kier alpha value is -2.45. The summed E-state index contributed by atoms with van der Waals surface area (Å²) in [4.78, 5) is 14.5. The fourth-order valence-electron chi connectivity index (χ4n) is 2.18. The Morgan fingerprint density at radius 3 is 2.48 bits per heavy atom. The normalized spacial score (nSPS) is 11.7. The Labute approximate surface area is 148 Å². The molecule has 3 rings (SSSR count). The highest BCUT2D eigenvalue weighted by Gasteiger charge is 2.33. The van der Waals surface area contributed by atoms with Crippen molar-refractivity contribution in [1.29, 1.82) is 0 Å². The van der Waals surface area contributed by atoms with Crippen LogP contribution in [0, 0.1) is 0 Å². The number of nitrogens with one attached hydrogen (secondary N) is 1. The zero-order valence-corrected chi connectivity index (χ0v) is 13.6. The molecule has 0 saturated carbocycles. The maximum atomic E-state index is 12.8. The Balaban J connectivity index is 2.08. The predicted octanol–water partition coefficient (Wildman–Crippen LogP) is 4.26. The lowest BCUT2D eigenvalue weighted by molar-refractivity contribution is -0.137. The number of rotatable bonds is 2. The fourth-order valence-corrected chi connectivity index (χ4v) is 2.63. The fraction of sp³-hybridized carbons (Fsp3) is 0.0667. The van der Waals surface area contributed by atoms with Gasteiger partial charge in [0.2, 0.25) is 0 Å². The lowest BCUT2D eigenvalue weighted by Gasteiger charge is -2.09. The highest BCUT2D eigenvalue weighted by Crippen LogP contribution is 2.36. The van der Waals surface area contributed by atoms with E-state index in [0.29, 0.717) is 0 Å². The van der Waals surface area contributed by atoms with Crippen LogP contribution in [-0.2, 0) is 6.18 Å². The van der Waals surface area contributed by atoms with E-state index in [9.17, 15) is 23.1 Å². The zero-order chi connectivity index (χ0) is 18.4. The Morgan fingerprint density at radius 1 is 1.12 bits per heavy atom. The van der Waals surface area contributed by atoms with Gasteiger partial charge in [-0.2, -0.15) is 17.9 Å². The second-order valence-electron chi connectivity index (χ2n) is 5.02. The Bertz CT molecular complexity index is 1010. The number of aromatic hydroxyl groups is 1. The molecule has 0 aliphatic carbocycles. The van der Waals surface area contributed by atoms with Crippen LogP contribution in [0.25, 0.3) is 17.1 Å². The Morgan fingerprint density at radius 2 is 1.84 bits per heavy atom. The molecule has 0 amide bonds. The number of hydrogen-bond donors (Lipinski definition) is 2. The van der Waals surface area contributed by atoms with E-state index in [4.69, 9.17) is 23.2 Å². The van der Waals surface area contributed by atoms with Crippen molar-refractivity contribution in [2.24, 2.45) is 0 Å². The number of nitrogens with zero attached hydrogens (tertiary/aromatic N) is 2. The first-order valence-corrected chi connectivity index (χ1v) is 7.48. The zero-order valence-electron chi connectivity index (χ0n) is 12.1. The van der Waals surface area contributed by atoms with Crippen molar-refractivity contribution < 1.29 is 18.3 Å². The molecule has 1 heterocycles. The van der Waals surface area contributed by atoms with Crippen LogP contribution in [0.4, 0.5) is 13.2 Å². The summed E-state index contributed by atoms with van der Waals surface area (Å²) in [6, 6.07) is 7.01. The number of alkyl halides is 3. The molecule has 130 valence electrons. The van der Waals surface area contributed by atoms with Gasteiger partial charge in [-0.3, -0.25) is 4.98 Å². The number of aromatic amines is 1. The summed E-state index contributed by atoms with van der Waals surface area (Å²) in [5, 5.41) is 13.6. The molecular weight excluding hydrogens is 382 g/mol. The molecule has 0 radical (unpaired) electrons. The third-order valence-corrected chi connectivity index (χ3v) is 3.88. The summed E-state index contributed by atoms with van der Waals surface area (Å²) in [7, 11) is 0. The molecule has 0 unspecified atom stereocenters. The van der Waals surface area contributed by atoms with E-state index in [1.165, 1.54) is 18.2 Å². The molecule has 1 aromatic heterocycles. The van der Waals surface area contributed by atoms with Crippen LogP contribution < -0.4 is 5.69 Å². The highest BCUT2D eigenvalue weighted by atomic mass is 35.5. The molecule has 0 bridgehead atoms. The van der Waals surface area contributed by atoms with Gasteiger partial charge in [0.1, 0.15) is 11.4 Å². The molecule has 5 nitrogen and oxygen atoms in total. The molecule has 2 N–H and O–H groups in total. The minimum Gasteiger partial charge on any atom is -0.506 e. The number of benzene rings is 2. The summed E-state index contributed by atoms with van der Waals surface area (Å²) < 4.78 is 39.1. The van der Waals surface area contributed by atoms with Crippen LogP contribution >= 0.6 is 23.2 Å². The monoisotopic (exact) mass is 389 g/mol. The van der Waals surface area contributed by atoms with E-state index >= 15 is 0 Å². The van der Waals surface area contributed by atoms with Crippen LogP contribution in [0.2, 0.25) is 10.0 Å². The Kier molecular flexibility index (Phi) is 4.26. The van der Waals surface area contributed by atoms with Gasteiger partial charge in [-0.25, -0.2) is 4.79 Å². The number of hydrogen-bond acceptors (Lipinski definition) is 3. The molecular formula is C15H8Cl2F3N3O2. The van der Waals surface area contributed by atoms with Crippen molar-refractivity contribution in [3.8, 4) is 22.8 Å². The van der Waals surface area contributed by atoms with Crippen LogP contribution in [-0.4, -0.2) is 19.9 Å². The van der Waals surface area contributed by atoms with Crippen LogP contribution in [0.3, 0.4) is 0 Å². The average molecular weight is 390 g/mol. The topological polar surface area (TPSA) is 70.9 Å². The number of halogens is 5. The average Bonchev–Trinajstić information content (AvgIpc) is 2.90. The van der Waals surface area contributed by atoms with E-state index in [1.807, 2.05) is 0 Å². The molecule has 3 aromatic rings. The van der Waals surface area contributed by atoms with Gasteiger partial charge >= 0.3 is 11.9 Å². The summed E-state index contributed by atoms with van der Waals surface area (Å²) in [6.07, 6.45) is -4.59. The molecule has 0 fully saturated rings. The lowest BCUT2D eigenvalue weighted by Crippen LogP contribution is -2.16. The van der Waals surface area contributed by atoms with Crippen molar-refractivity contribution >= 4 is 23.2 Å². The molecule has 10 heteroatoms. The first-order chi connectivity index (χ1) is 11.7. The van der Waals surface area contributed by atoms with Gasteiger partial charge in [0.25, 0.3) is 0 Å².